The van der Waals surface area contributed by atoms with Crippen molar-refractivity contribution in [1.82, 2.24) is 10.6 Å². The zero-order chi connectivity index (χ0) is 14.8. The monoisotopic (exact) mass is 278 g/mol. The van der Waals surface area contributed by atoms with Crippen LogP contribution in [0.15, 0.2) is 30.3 Å². The first-order valence-corrected chi connectivity index (χ1v) is 6.86. The molecule has 0 aromatic heterocycles. The molecule has 0 fully saturated rings. The summed E-state index contributed by atoms with van der Waals surface area (Å²) >= 11 is 0. The number of carbonyl (C=O) groups is 2. The SMILES string of the molecule is CCOCCCNC(=O)C(C)NC(=O)c1ccccc1. The van der Waals surface area contributed by atoms with E-state index in [0.717, 1.165) is 6.42 Å². The Morgan fingerprint density at radius 2 is 1.95 bits per heavy atom. The van der Waals surface area contributed by atoms with Gasteiger partial charge in [-0.2, -0.15) is 0 Å². The van der Waals surface area contributed by atoms with Gasteiger partial charge < -0.3 is 15.4 Å². The van der Waals surface area contributed by atoms with Crippen LogP contribution in [-0.2, 0) is 9.53 Å². The van der Waals surface area contributed by atoms with E-state index in [-0.39, 0.29) is 11.8 Å². The third-order valence-corrected chi connectivity index (χ3v) is 2.75. The smallest absolute Gasteiger partial charge is 0.251 e. The van der Waals surface area contributed by atoms with Crippen molar-refractivity contribution in [1.29, 1.82) is 0 Å². The lowest BCUT2D eigenvalue weighted by molar-refractivity contribution is -0.122. The predicted octanol–water partition coefficient (Wildman–Crippen LogP) is 1.35. The molecule has 1 unspecified atom stereocenters. The van der Waals surface area contributed by atoms with Crippen LogP contribution >= 0.6 is 0 Å². The van der Waals surface area contributed by atoms with Gasteiger partial charge in [0.1, 0.15) is 6.04 Å². The molecular weight excluding hydrogens is 256 g/mol. The quantitative estimate of drug-likeness (QED) is 0.705. The highest BCUT2D eigenvalue weighted by atomic mass is 16.5. The molecule has 0 aliphatic rings. The third kappa shape index (κ3) is 5.84. The predicted molar refractivity (Wildman–Crippen MR) is 77.5 cm³/mol. The Balaban J connectivity index is 2.29. The summed E-state index contributed by atoms with van der Waals surface area (Å²) in [4.78, 5) is 23.6. The molecule has 0 heterocycles. The minimum absolute atomic E-state index is 0.189. The summed E-state index contributed by atoms with van der Waals surface area (Å²) in [6.45, 7) is 5.45. The number of nitrogens with one attached hydrogen (secondary N) is 2. The van der Waals surface area contributed by atoms with Gasteiger partial charge in [0.25, 0.3) is 5.91 Å². The number of ether oxygens (including phenoxy) is 1. The zero-order valence-corrected chi connectivity index (χ0v) is 12.0. The van der Waals surface area contributed by atoms with Crippen LogP contribution in [0.2, 0.25) is 0 Å². The first-order valence-electron chi connectivity index (χ1n) is 6.86. The van der Waals surface area contributed by atoms with Gasteiger partial charge in [-0.1, -0.05) is 18.2 Å². The lowest BCUT2D eigenvalue weighted by atomic mass is 10.2. The number of hydrogen-bond acceptors (Lipinski definition) is 3. The Labute approximate surface area is 119 Å². The molecule has 2 amide bonds. The van der Waals surface area contributed by atoms with Gasteiger partial charge in [0.05, 0.1) is 0 Å². The van der Waals surface area contributed by atoms with Crippen LogP contribution in [0.4, 0.5) is 0 Å². The second-order valence-electron chi connectivity index (χ2n) is 4.40. The summed E-state index contributed by atoms with van der Waals surface area (Å²) < 4.78 is 5.18. The lowest BCUT2D eigenvalue weighted by Gasteiger charge is -2.14. The van der Waals surface area contributed by atoms with Crippen LogP contribution in [0.1, 0.15) is 30.6 Å². The van der Waals surface area contributed by atoms with Gasteiger partial charge in [-0.15, -0.1) is 0 Å². The van der Waals surface area contributed by atoms with Crippen LogP contribution in [0, 0.1) is 0 Å². The topological polar surface area (TPSA) is 67.4 Å². The van der Waals surface area contributed by atoms with Crippen molar-refractivity contribution < 1.29 is 14.3 Å². The van der Waals surface area contributed by atoms with E-state index >= 15 is 0 Å². The van der Waals surface area contributed by atoms with Gasteiger partial charge in [-0.3, -0.25) is 9.59 Å². The summed E-state index contributed by atoms with van der Waals surface area (Å²) in [6, 6.07) is 8.27. The molecule has 0 radical (unpaired) electrons. The number of amides is 2. The van der Waals surface area contributed by atoms with E-state index in [1.165, 1.54) is 0 Å². The van der Waals surface area contributed by atoms with E-state index in [9.17, 15) is 9.59 Å². The molecule has 0 aliphatic heterocycles. The molecule has 1 rings (SSSR count). The van der Waals surface area contributed by atoms with Crippen molar-refractivity contribution in [3.8, 4) is 0 Å². The molecule has 5 heteroatoms. The van der Waals surface area contributed by atoms with E-state index in [4.69, 9.17) is 4.74 Å². The second-order valence-corrected chi connectivity index (χ2v) is 4.40. The molecule has 0 aliphatic carbocycles. The summed E-state index contributed by atoms with van der Waals surface area (Å²) in [7, 11) is 0. The van der Waals surface area contributed by atoms with E-state index in [0.29, 0.717) is 25.3 Å². The van der Waals surface area contributed by atoms with Gasteiger partial charge in [-0.25, -0.2) is 0 Å². The van der Waals surface area contributed by atoms with Crippen LogP contribution in [0.5, 0.6) is 0 Å². The average molecular weight is 278 g/mol. The molecule has 110 valence electrons. The maximum Gasteiger partial charge on any atom is 0.251 e. The van der Waals surface area contributed by atoms with Crippen molar-refractivity contribution in [3.63, 3.8) is 0 Å². The summed E-state index contributed by atoms with van der Waals surface area (Å²) in [6.07, 6.45) is 0.763. The maximum atomic E-state index is 11.9. The van der Waals surface area contributed by atoms with Crippen molar-refractivity contribution >= 4 is 11.8 Å². The minimum Gasteiger partial charge on any atom is -0.382 e. The van der Waals surface area contributed by atoms with Crippen LogP contribution < -0.4 is 10.6 Å². The van der Waals surface area contributed by atoms with E-state index < -0.39 is 6.04 Å². The van der Waals surface area contributed by atoms with Crippen molar-refractivity contribution in [2.45, 2.75) is 26.3 Å². The van der Waals surface area contributed by atoms with E-state index in [1.54, 1.807) is 31.2 Å². The highest BCUT2D eigenvalue weighted by Gasteiger charge is 2.15. The van der Waals surface area contributed by atoms with Gasteiger partial charge in [-0.05, 0) is 32.4 Å². The average Bonchev–Trinajstić information content (AvgIpc) is 2.47. The summed E-state index contributed by atoms with van der Waals surface area (Å²) in [5, 5.41) is 5.43. The fourth-order valence-corrected chi connectivity index (χ4v) is 1.62. The molecule has 0 spiro atoms. The van der Waals surface area contributed by atoms with Crippen molar-refractivity contribution in [2.24, 2.45) is 0 Å². The minimum atomic E-state index is -0.560. The van der Waals surface area contributed by atoms with Gasteiger partial charge in [0, 0.05) is 25.3 Å². The Bertz CT molecular complexity index is 420. The van der Waals surface area contributed by atoms with Gasteiger partial charge in [0.2, 0.25) is 5.91 Å². The maximum absolute atomic E-state index is 11.9. The highest BCUT2D eigenvalue weighted by Crippen LogP contribution is 1.98. The Kier molecular flexibility index (Phi) is 7.35. The van der Waals surface area contributed by atoms with E-state index in [2.05, 4.69) is 10.6 Å². The standard InChI is InChI=1S/C15H22N2O3/c1-3-20-11-7-10-16-14(18)12(2)17-15(19)13-8-5-4-6-9-13/h4-6,8-9,12H,3,7,10-11H2,1-2H3,(H,16,18)(H,17,19). The first kappa shape index (κ1) is 16.2. The molecule has 0 saturated heterocycles. The molecule has 0 bridgehead atoms. The molecule has 0 saturated carbocycles. The Morgan fingerprint density at radius 1 is 1.25 bits per heavy atom. The molecular formula is C15H22N2O3. The van der Waals surface area contributed by atoms with E-state index in [1.807, 2.05) is 13.0 Å². The van der Waals surface area contributed by atoms with Crippen LogP contribution in [0.25, 0.3) is 0 Å². The lowest BCUT2D eigenvalue weighted by Crippen LogP contribution is -2.45. The first-order chi connectivity index (χ1) is 9.65. The number of rotatable bonds is 8. The molecule has 5 nitrogen and oxygen atoms in total. The number of carbonyl (C=O) groups excluding carboxylic acids is 2. The highest BCUT2D eigenvalue weighted by molar-refractivity contribution is 5.97. The third-order valence-electron chi connectivity index (χ3n) is 2.75. The molecule has 1 atom stereocenters. The number of benzene rings is 1. The molecule has 1 aromatic carbocycles. The molecule has 2 N–H and O–H groups in total. The van der Waals surface area contributed by atoms with Crippen molar-refractivity contribution in [3.05, 3.63) is 35.9 Å². The largest absolute Gasteiger partial charge is 0.382 e. The Hall–Kier alpha value is -1.88. The Morgan fingerprint density at radius 3 is 2.60 bits per heavy atom. The molecule has 20 heavy (non-hydrogen) atoms. The zero-order valence-electron chi connectivity index (χ0n) is 12.0. The van der Waals surface area contributed by atoms with Crippen LogP contribution in [-0.4, -0.2) is 37.6 Å². The fourth-order valence-electron chi connectivity index (χ4n) is 1.62. The van der Waals surface area contributed by atoms with Gasteiger partial charge >= 0.3 is 0 Å². The second kappa shape index (κ2) is 9.09. The fraction of sp³-hybridized carbons (Fsp3) is 0.467. The molecule has 1 aromatic rings. The summed E-state index contributed by atoms with van der Waals surface area (Å²) in [5.74, 6) is -0.437. The summed E-state index contributed by atoms with van der Waals surface area (Å²) in [5.41, 5.74) is 0.545. The number of hydrogen-bond donors (Lipinski definition) is 2. The van der Waals surface area contributed by atoms with Crippen molar-refractivity contribution in [2.75, 3.05) is 19.8 Å². The van der Waals surface area contributed by atoms with Crippen LogP contribution in [0.3, 0.4) is 0 Å². The normalized spacial score (nSPS) is 11.7. The van der Waals surface area contributed by atoms with Gasteiger partial charge in [0.15, 0.2) is 0 Å².